The highest BCUT2D eigenvalue weighted by atomic mass is 16.2. The van der Waals surface area contributed by atoms with Crippen molar-refractivity contribution in [3.8, 4) is 0 Å². The Morgan fingerprint density at radius 3 is 2.55 bits per heavy atom. The highest BCUT2D eigenvalue weighted by molar-refractivity contribution is 5.98. The molecule has 0 spiro atoms. The van der Waals surface area contributed by atoms with Gasteiger partial charge in [-0.1, -0.05) is 13.8 Å². The highest BCUT2D eigenvalue weighted by Crippen LogP contribution is 2.14. The summed E-state index contributed by atoms with van der Waals surface area (Å²) >= 11 is 0. The van der Waals surface area contributed by atoms with E-state index in [1.54, 1.807) is 6.92 Å². The summed E-state index contributed by atoms with van der Waals surface area (Å²) in [6.07, 6.45) is 1.33. The van der Waals surface area contributed by atoms with Gasteiger partial charge in [0.2, 0.25) is 5.91 Å². The number of amides is 2. The summed E-state index contributed by atoms with van der Waals surface area (Å²) in [5.74, 6) is -0.0229. The van der Waals surface area contributed by atoms with Crippen molar-refractivity contribution in [1.82, 2.24) is 10.3 Å². The number of carbonyl (C=O) groups is 2. The molecule has 1 atom stereocenters. The summed E-state index contributed by atoms with van der Waals surface area (Å²) in [6, 6.07) is 0.953. The number of nitrogens with zero attached hydrogens (tertiary/aromatic N) is 1. The molecule has 20 heavy (non-hydrogen) atoms. The molecule has 2 amide bonds. The lowest BCUT2D eigenvalue weighted by molar-refractivity contribution is -0.121. The molecule has 0 fully saturated rings. The first kappa shape index (κ1) is 15.7. The van der Waals surface area contributed by atoms with Gasteiger partial charge >= 0.3 is 0 Å². The normalized spacial score (nSPS) is 12.0. The fraction of sp³-hybridized carbons (Fsp3) is 0.462. The van der Waals surface area contributed by atoms with Crippen molar-refractivity contribution < 1.29 is 9.59 Å². The first-order chi connectivity index (χ1) is 9.31. The third-order valence-electron chi connectivity index (χ3n) is 2.64. The van der Waals surface area contributed by atoms with E-state index < -0.39 is 11.9 Å². The average Bonchev–Trinajstić information content (AvgIpc) is 2.37. The quantitative estimate of drug-likeness (QED) is 0.597. The Kier molecular flexibility index (Phi) is 5.31. The monoisotopic (exact) mass is 279 g/mol. The van der Waals surface area contributed by atoms with Crippen LogP contribution in [-0.4, -0.2) is 29.4 Å². The molecule has 7 nitrogen and oxygen atoms in total. The topological polar surface area (TPSA) is 123 Å². The van der Waals surface area contributed by atoms with E-state index in [1.165, 1.54) is 12.3 Å². The van der Waals surface area contributed by atoms with Gasteiger partial charge in [0.05, 0.1) is 17.4 Å². The summed E-state index contributed by atoms with van der Waals surface area (Å²) in [4.78, 5) is 27.0. The Morgan fingerprint density at radius 2 is 2.00 bits per heavy atom. The van der Waals surface area contributed by atoms with Crippen LogP contribution in [0.15, 0.2) is 12.3 Å². The SMILES string of the molecule is CC(C)CNC(=O)C(C)Nc1cc(C(N)=O)c(N)cn1. The van der Waals surface area contributed by atoms with E-state index in [4.69, 9.17) is 11.5 Å². The number of primary amides is 1. The molecule has 0 saturated heterocycles. The number of anilines is 2. The van der Waals surface area contributed by atoms with Gasteiger partial charge in [-0.15, -0.1) is 0 Å². The molecule has 0 radical (unpaired) electrons. The van der Waals surface area contributed by atoms with Gasteiger partial charge in [-0.25, -0.2) is 4.98 Å². The zero-order valence-corrected chi connectivity index (χ0v) is 11.9. The van der Waals surface area contributed by atoms with Crippen molar-refractivity contribution in [2.75, 3.05) is 17.6 Å². The van der Waals surface area contributed by atoms with Gasteiger partial charge in [0.1, 0.15) is 11.9 Å². The van der Waals surface area contributed by atoms with E-state index in [0.29, 0.717) is 18.3 Å². The van der Waals surface area contributed by atoms with Crippen LogP contribution in [0.4, 0.5) is 11.5 Å². The molecule has 0 aromatic carbocycles. The third-order valence-corrected chi connectivity index (χ3v) is 2.64. The van der Waals surface area contributed by atoms with Crippen LogP contribution in [0, 0.1) is 5.92 Å². The Bertz CT molecular complexity index is 502. The van der Waals surface area contributed by atoms with Crippen LogP contribution in [0.2, 0.25) is 0 Å². The molecule has 1 unspecified atom stereocenters. The lowest BCUT2D eigenvalue weighted by Gasteiger charge is -2.16. The Morgan fingerprint density at radius 1 is 1.35 bits per heavy atom. The minimum Gasteiger partial charge on any atom is -0.397 e. The summed E-state index contributed by atoms with van der Waals surface area (Å²) in [7, 11) is 0. The van der Waals surface area contributed by atoms with Crippen molar-refractivity contribution in [1.29, 1.82) is 0 Å². The molecule has 1 aromatic heterocycles. The van der Waals surface area contributed by atoms with Crippen LogP contribution < -0.4 is 22.1 Å². The number of pyridine rings is 1. The predicted octanol–water partition coefficient (Wildman–Crippen LogP) is 0.335. The standard InChI is InChI=1S/C13H21N5O2/c1-7(2)5-17-13(20)8(3)18-11-4-9(12(15)19)10(14)6-16-11/h4,6-8H,5,14H2,1-3H3,(H2,15,19)(H,16,18)(H,17,20). The van der Waals surface area contributed by atoms with E-state index >= 15 is 0 Å². The zero-order valence-electron chi connectivity index (χ0n) is 11.9. The number of aromatic nitrogens is 1. The molecule has 1 aromatic rings. The molecule has 0 aliphatic carbocycles. The fourth-order valence-electron chi connectivity index (χ4n) is 1.50. The van der Waals surface area contributed by atoms with Gasteiger partial charge < -0.3 is 22.1 Å². The minimum absolute atomic E-state index is 0.141. The maximum atomic E-state index is 11.8. The maximum Gasteiger partial charge on any atom is 0.250 e. The number of nitrogens with one attached hydrogen (secondary N) is 2. The number of nitrogen functional groups attached to an aromatic ring is 1. The first-order valence-electron chi connectivity index (χ1n) is 6.40. The van der Waals surface area contributed by atoms with Gasteiger partial charge in [-0.2, -0.15) is 0 Å². The second-order valence-corrected chi connectivity index (χ2v) is 5.03. The Labute approximate surface area is 118 Å². The van der Waals surface area contributed by atoms with Gasteiger partial charge in [-0.3, -0.25) is 9.59 Å². The summed E-state index contributed by atoms with van der Waals surface area (Å²) < 4.78 is 0. The molecule has 1 heterocycles. The summed E-state index contributed by atoms with van der Waals surface area (Å²) in [6.45, 7) is 6.34. The molecule has 1 rings (SSSR count). The van der Waals surface area contributed by atoms with E-state index in [2.05, 4.69) is 15.6 Å². The minimum atomic E-state index is -0.634. The van der Waals surface area contributed by atoms with Gasteiger partial charge in [-0.05, 0) is 18.9 Å². The molecule has 110 valence electrons. The highest BCUT2D eigenvalue weighted by Gasteiger charge is 2.14. The average molecular weight is 279 g/mol. The van der Waals surface area contributed by atoms with Crippen LogP contribution in [-0.2, 0) is 4.79 Å². The molecule has 7 heteroatoms. The fourth-order valence-corrected chi connectivity index (χ4v) is 1.50. The Hall–Kier alpha value is -2.31. The largest absolute Gasteiger partial charge is 0.397 e. The number of rotatable bonds is 6. The van der Waals surface area contributed by atoms with E-state index in [-0.39, 0.29) is 17.2 Å². The molecule has 0 saturated carbocycles. The van der Waals surface area contributed by atoms with Crippen LogP contribution in [0.1, 0.15) is 31.1 Å². The van der Waals surface area contributed by atoms with E-state index in [0.717, 1.165) is 0 Å². The summed E-state index contributed by atoms with van der Waals surface area (Å²) in [5.41, 5.74) is 11.2. The Balaban J connectivity index is 2.70. The van der Waals surface area contributed by atoms with Crippen LogP contribution in [0.3, 0.4) is 0 Å². The smallest absolute Gasteiger partial charge is 0.250 e. The van der Waals surface area contributed by atoms with Crippen molar-refractivity contribution in [2.45, 2.75) is 26.8 Å². The zero-order chi connectivity index (χ0) is 15.3. The van der Waals surface area contributed by atoms with Crippen molar-refractivity contribution in [3.63, 3.8) is 0 Å². The van der Waals surface area contributed by atoms with Crippen molar-refractivity contribution >= 4 is 23.3 Å². The molecular weight excluding hydrogens is 258 g/mol. The van der Waals surface area contributed by atoms with Crippen molar-refractivity contribution in [3.05, 3.63) is 17.8 Å². The summed E-state index contributed by atoms with van der Waals surface area (Å²) in [5, 5.41) is 5.71. The lowest BCUT2D eigenvalue weighted by Crippen LogP contribution is -2.39. The van der Waals surface area contributed by atoms with Gasteiger partial charge in [0.25, 0.3) is 5.91 Å². The predicted molar refractivity (Wildman–Crippen MR) is 78.1 cm³/mol. The number of carbonyl (C=O) groups excluding carboxylic acids is 2. The van der Waals surface area contributed by atoms with E-state index in [9.17, 15) is 9.59 Å². The molecule has 0 aliphatic heterocycles. The molecule has 0 aliphatic rings. The van der Waals surface area contributed by atoms with Crippen LogP contribution in [0.25, 0.3) is 0 Å². The van der Waals surface area contributed by atoms with Gasteiger partial charge in [0, 0.05) is 6.54 Å². The van der Waals surface area contributed by atoms with Crippen LogP contribution in [0.5, 0.6) is 0 Å². The first-order valence-corrected chi connectivity index (χ1v) is 6.40. The molecule has 0 bridgehead atoms. The third kappa shape index (κ3) is 4.42. The lowest BCUT2D eigenvalue weighted by atomic mass is 10.2. The number of hydrogen-bond acceptors (Lipinski definition) is 5. The van der Waals surface area contributed by atoms with Crippen molar-refractivity contribution in [2.24, 2.45) is 11.7 Å². The van der Waals surface area contributed by atoms with Gasteiger partial charge in [0.15, 0.2) is 0 Å². The van der Waals surface area contributed by atoms with E-state index in [1.807, 2.05) is 13.8 Å². The molecular formula is C13H21N5O2. The number of hydrogen-bond donors (Lipinski definition) is 4. The second kappa shape index (κ2) is 6.74. The number of nitrogens with two attached hydrogens (primary N) is 2. The second-order valence-electron chi connectivity index (χ2n) is 5.03. The molecule has 6 N–H and O–H groups in total. The maximum absolute atomic E-state index is 11.8. The van der Waals surface area contributed by atoms with Crippen LogP contribution >= 0.6 is 0 Å².